The van der Waals surface area contributed by atoms with Crippen LogP contribution < -0.4 is 5.32 Å². The van der Waals surface area contributed by atoms with Gasteiger partial charge in [0.1, 0.15) is 0 Å². The second-order valence-electron chi connectivity index (χ2n) is 5.42. The molecule has 0 fully saturated rings. The van der Waals surface area contributed by atoms with Crippen molar-refractivity contribution in [2.45, 2.75) is 39.2 Å². The van der Waals surface area contributed by atoms with Gasteiger partial charge in [0.15, 0.2) is 0 Å². The molecule has 2 aromatic rings. The number of nitrogens with one attached hydrogen (secondary N) is 1. The summed E-state index contributed by atoms with van der Waals surface area (Å²) in [7, 11) is 0. The number of carbonyl (C=O) groups excluding carboxylic acids is 1. The molecule has 0 aliphatic heterocycles. The van der Waals surface area contributed by atoms with Crippen LogP contribution in [0.3, 0.4) is 0 Å². The van der Waals surface area contributed by atoms with E-state index in [1.165, 1.54) is 16.7 Å². The van der Waals surface area contributed by atoms with Crippen LogP contribution in [-0.2, 0) is 11.2 Å². The molecule has 2 aromatic carbocycles. The Labute approximate surface area is 127 Å². The van der Waals surface area contributed by atoms with Gasteiger partial charge in [0.2, 0.25) is 5.91 Å². The number of hydrogen-bond donors (Lipinski definition) is 1. The van der Waals surface area contributed by atoms with E-state index in [9.17, 15) is 4.79 Å². The normalized spacial score (nSPS) is 11.9. The molecule has 0 spiro atoms. The van der Waals surface area contributed by atoms with Crippen molar-refractivity contribution in [2.24, 2.45) is 0 Å². The van der Waals surface area contributed by atoms with E-state index < -0.39 is 0 Å². The molecule has 0 aromatic heterocycles. The fourth-order valence-corrected chi connectivity index (χ4v) is 2.39. The quantitative estimate of drug-likeness (QED) is 0.845. The molecular weight excluding hydrogens is 258 g/mol. The highest BCUT2D eigenvalue weighted by atomic mass is 16.1. The van der Waals surface area contributed by atoms with E-state index in [4.69, 9.17) is 0 Å². The summed E-state index contributed by atoms with van der Waals surface area (Å²) in [5.74, 6) is 0.117. The van der Waals surface area contributed by atoms with E-state index in [-0.39, 0.29) is 11.9 Å². The summed E-state index contributed by atoms with van der Waals surface area (Å²) in [6.07, 6.45) is 2.23. The van der Waals surface area contributed by atoms with Gasteiger partial charge in [-0.1, -0.05) is 67.1 Å². The van der Waals surface area contributed by atoms with Gasteiger partial charge in [0, 0.05) is 6.42 Å². The Kier molecular flexibility index (Phi) is 5.56. The van der Waals surface area contributed by atoms with Crippen LogP contribution in [0.1, 0.15) is 42.5 Å². The number of aryl methyl sites for hydroxylation is 2. The van der Waals surface area contributed by atoms with E-state index in [1.807, 2.05) is 18.2 Å². The molecular formula is C19H23NO. The second-order valence-corrected chi connectivity index (χ2v) is 5.42. The maximum atomic E-state index is 12.1. The van der Waals surface area contributed by atoms with Crippen molar-refractivity contribution >= 4 is 5.91 Å². The van der Waals surface area contributed by atoms with E-state index in [0.29, 0.717) is 6.42 Å². The van der Waals surface area contributed by atoms with Gasteiger partial charge in [-0.05, 0) is 30.9 Å². The van der Waals surface area contributed by atoms with Crippen LogP contribution in [0.25, 0.3) is 0 Å². The van der Waals surface area contributed by atoms with Crippen LogP contribution in [0.5, 0.6) is 0 Å². The van der Waals surface area contributed by atoms with Gasteiger partial charge >= 0.3 is 0 Å². The molecule has 1 amide bonds. The van der Waals surface area contributed by atoms with Crippen LogP contribution in [0.4, 0.5) is 0 Å². The molecule has 0 saturated carbocycles. The first-order chi connectivity index (χ1) is 10.2. The van der Waals surface area contributed by atoms with E-state index in [1.54, 1.807) is 0 Å². The molecule has 0 radical (unpaired) electrons. The Morgan fingerprint density at radius 2 is 1.71 bits per heavy atom. The van der Waals surface area contributed by atoms with E-state index in [0.717, 1.165) is 12.8 Å². The Balaban J connectivity index is 1.89. The average Bonchev–Trinajstić information content (AvgIpc) is 2.52. The molecule has 110 valence electrons. The van der Waals surface area contributed by atoms with Crippen molar-refractivity contribution in [1.82, 2.24) is 5.32 Å². The SMILES string of the molecule is CC[C@@H](NC(=O)CCc1ccccc1)c1ccc(C)cc1. The van der Waals surface area contributed by atoms with Crippen LogP contribution in [0.2, 0.25) is 0 Å². The summed E-state index contributed by atoms with van der Waals surface area (Å²) in [6.45, 7) is 4.17. The second kappa shape index (κ2) is 7.63. The molecule has 0 heterocycles. The number of carbonyl (C=O) groups is 1. The van der Waals surface area contributed by atoms with Crippen molar-refractivity contribution in [3.8, 4) is 0 Å². The lowest BCUT2D eigenvalue weighted by molar-refractivity contribution is -0.121. The minimum absolute atomic E-state index is 0.105. The standard InChI is InChI=1S/C19H23NO/c1-3-18(17-12-9-15(2)10-13-17)20-19(21)14-11-16-7-5-4-6-8-16/h4-10,12-13,18H,3,11,14H2,1-2H3,(H,20,21)/t18-/m1/s1. The number of benzene rings is 2. The Bertz CT molecular complexity index is 560. The first-order valence-electron chi connectivity index (χ1n) is 7.59. The summed E-state index contributed by atoms with van der Waals surface area (Å²) in [5, 5.41) is 3.13. The van der Waals surface area contributed by atoms with Crippen LogP contribution >= 0.6 is 0 Å². The molecule has 2 nitrogen and oxygen atoms in total. The van der Waals surface area contributed by atoms with Crippen LogP contribution in [0.15, 0.2) is 54.6 Å². The first-order valence-corrected chi connectivity index (χ1v) is 7.59. The van der Waals surface area contributed by atoms with Crippen molar-refractivity contribution in [3.63, 3.8) is 0 Å². The highest BCUT2D eigenvalue weighted by Gasteiger charge is 2.12. The minimum atomic E-state index is 0.105. The Hall–Kier alpha value is -2.09. The molecule has 0 aliphatic carbocycles. The third-order valence-corrected chi connectivity index (χ3v) is 3.71. The highest BCUT2D eigenvalue weighted by molar-refractivity contribution is 5.76. The molecule has 0 aliphatic rings. The zero-order chi connectivity index (χ0) is 15.1. The molecule has 1 atom stereocenters. The molecule has 1 N–H and O–H groups in total. The topological polar surface area (TPSA) is 29.1 Å². The van der Waals surface area contributed by atoms with Crippen molar-refractivity contribution in [1.29, 1.82) is 0 Å². The van der Waals surface area contributed by atoms with Gasteiger partial charge in [-0.25, -0.2) is 0 Å². The Morgan fingerprint density at radius 3 is 2.33 bits per heavy atom. The van der Waals surface area contributed by atoms with Gasteiger partial charge < -0.3 is 5.32 Å². The largest absolute Gasteiger partial charge is 0.349 e. The van der Waals surface area contributed by atoms with Crippen LogP contribution in [-0.4, -0.2) is 5.91 Å². The van der Waals surface area contributed by atoms with Crippen LogP contribution in [0, 0.1) is 6.92 Å². The van der Waals surface area contributed by atoms with Gasteiger partial charge in [-0.2, -0.15) is 0 Å². The molecule has 0 saturated heterocycles. The number of amides is 1. The summed E-state index contributed by atoms with van der Waals surface area (Å²) >= 11 is 0. The van der Waals surface area contributed by atoms with Gasteiger partial charge in [0.25, 0.3) is 0 Å². The van der Waals surface area contributed by atoms with Crippen molar-refractivity contribution < 1.29 is 4.79 Å². The highest BCUT2D eigenvalue weighted by Crippen LogP contribution is 2.17. The van der Waals surface area contributed by atoms with Gasteiger partial charge in [0.05, 0.1) is 6.04 Å². The summed E-state index contributed by atoms with van der Waals surface area (Å²) in [4.78, 5) is 12.1. The lowest BCUT2D eigenvalue weighted by Gasteiger charge is -2.17. The lowest BCUT2D eigenvalue weighted by Crippen LogP contribution is -2.28. The van der Waals surface area contributed by atoms with Gasteiger partial charge in [-0.15, -0.1) is 0 Å². The van der Waals surface area contributed by atoms with Crippen molar-refractivity contribution in [2.75, 3.05) is 0 Å². The fourth-order valence-electron chi connectivity index (χ4n) is 2.39. The smallest absolute Gasteiger partial charge is 0.220 e. The number of rotatable bonds is 6. The zero-order valence-corrected chi connectivity index (χ0v) is 12.8. The number of hydrogen-bond acceptors (Lipinski definition) is 1. The Morgan fingerprint density at radius 1 is 1.05 bits per heavy atom. The summed E-state index contributed by atoms with van der Waals surface area (Å²) < 4.78 is 0. The summed E-state index contributed by atoms with van der Waals surface area (Å²) in [6, 6.07) is 18.6. The summed E-state index contributed by atoms with van der Waals surface area (Å²) in [5.41, 5.74) is 3.62. The predicted molar refractivity (Wildman–Crippen MR) is 87.1 cm³/mol. The minimum Gasteiger partial charge on any atom is -0.349 e. The third kappa shape index (κ3) is 4.75. The monoisotopic (exact) mass is 281 g/mol. The predicted octanol–water partition coefficient (Wildman–Crippen LogP) is 4.20. The third-order valence-electron chi connectivity index (χ3n) is 3.71. The average molecular weight is 281 g/mol. The first kappa shape index (κ1) is 15.3. The molecule has 21 heavy (non-hydrogen) atoms. The van der Waals surface area contributed by atoms with Crippen molar-refractivity contribution in [3.05, 3.63) is 71.3 Å². The van der Waals surface area contributed by atoms with E-state index in [2.05, 4.69) is 55.6 Å². The molecule has 2 heteroatoms. The molecule has 2 rings (SSSR count). The molecule has 0 unspecified atom stereocenters. The maximum Gasteiger partial charge on any atom is 0.220 e. The maximum absolute atomic E-state index is 12.1. The molecule has 0 bridgehead atoms. The zero-order valence-electron chi connectivity index (χ0n) is 12.8. The van der Waals surface area contributed by atoms with E-state index >= 15 is 0 Å². The fraction of sp³-hybridized carbons (Fsp3) is 0.316. The lowest BCUT2D eigenvalue weighted by atomic mass is 10.0. The van der Waals surface area contributed by atoms with Gasteiger partial charge in [-0.3, -0.25) is 4.79 Å².